The van der Waals surface area contributed by atoms with E-state index in [1.807, 2.05) is 38.1 Å². The van der Waals surface area contributed by atoms with Crippen molar-refractivity contribution in [3.8, 4) is 5.75 Å². The fourth-order valence-corrected chi connectivity index (χ4v) is 3.97. The molecule has 0 fully saturated rings. The minimum absolute atomic E-state index is 0.177. The first kappa shape index (κ1) is 21.4. The van der Waals surface area contributed by atoms with E-state index in [1.54, 1.807) is 42.5 Å². The van der Waals surface area contributed by atoms with Crippen molar-refractivity contribution in [1.29, 1.82) is 0 Å². The van der Waals surface area contributed by atoms with Crippen molar-refractivity contribution in [3.63, 3.8) is 0 Å². The number of hydrogen-bond donors (Lipinski definition) is 2. The third-order valence-corrected chi connectivity index (χ3v) is 5.89. The molecule has 6 nitrogen and oxygen atoms in total. The van der Waals surface area contributed by atoms with E-state index in [4.69, 9.17) is 4.74 Å². The lowest BCUT2D eigenvalue weighted by molar-refractivity contribution is 0.0940. The molecule has 3 aromatic rings. The molecule has 3 rings (SSSR count). The fourth-order valence-electron chi connectivity index (χ4n) is 2.89. The Bertz CT molecular complexity index is 1080. The third kappa shape index (κ3) is 5.39. The predicted molar refractivity (Wildman–Crippen MR) is 117 cm³/mol. The molecule has 0 radical (unpaired) electrons. The van der Waals surface area contributed by atoms with Crippen molar-refractivity contribution in [3.05, 3.63) is 90.0 Å². The number of ether oxygens (including phenoxy) is 1. The quantitative estimate of drug-likeness (QED) is 0.562. The molecular formula is C23H24N2O4S. The number of sulfonamides is 1. The normalized spacial score (nSPS) is 12.1. The Morgan fingerprint density at radius 3 is 2.17 bits per heavy atom. The van der Waals surface area contributed by atoms with Gasteiger partial charge in [-0.2, -0.15) is 0 Å². The number of rotatable bonds is 8. The molecule has 0 aliphatic carbocycles. The second-order valence-electron chi connectivity index (χ2n) is 6.69. The molecule has 0 heterocycles. The summed E-state index contributed by atoms with van der Waals surface area (Å²) in [5.74, 6) is 0.544. The van der Waals surface area contributed by atoms with Crippen LogP contribution in [0, 0.1) is 0 Å². The summed E-state index contributed by atoms with van der Waals surface area (Å²) in [5, 5.41) is 2.94. The molecule has 3 aromatic carbocycles. The van der Waals surface area contributed by atoms with Gasteiger partial charge in [0.15, 0.2) is 0 Å². The molecule has 0 bridgehead atoms. The van der Waals surface area contributed by atoms with E-state index in [9.17, 15) is 13.2 Å². The summed E-state index contributed by atoms with van der Waals surface area (Å²) in [7, 11) is -3.67. The molecule has 7 heteroatoms. The smallest absolute Gasteiger partial charge is 0.261 e. The Kier molecular flexibility index (Phi) is 6.74. The monoisotopic (exact) mass is 424 g/mol. The second kappa shape index (κ2) is 9.45. The van der Waals surface area contributed by atoms with Gasteiger partial charge in [0.25, 0.3) is 15.9 Å². The largest absolute Gasteiger partial charge is 0.494 e. The summed E-state index contributed by atoms with van der Waals surface area (Å²) in [5.41, 5.74) is 1.78. The highest BCUT2D eigenvalue weighted by Gasteiger charge is 2.15. The van der Waals surface area contributed by atoms with E-state index in [-0.39, 0.29) is 16.8 Å². The number of amides is 1. The average molecular weight is 425 g/mol. The topological polar surface area (TPSA) is 84.5 Å². The van der Waals surface area contributed by atoms with Gasteiger partial charge in [-0.1, -0.05) is 30.3 Å². The lowest BCUT2D eigenvalue weighted by Gasteiger charge is -2.15. The highest BCUT2D eigenvalue weighted by molar-refractivity contribution is 7.92. The number of benzene rings is 3. The van der Waals surface area contributed by atoms with Crippen LogP contribution in [0.5, 0.6) is 5.75 Å². The summed E-state index contributed by atoms with van der Waals surface area (Å²) in [6.07, 6.45) is 0. The van der Waals surface area contributed by atoms with E-state index in [2.05, 4.69) is 10.0 Å². The number of hydrogen-bond acceptors (Lipinski definition) is 4. The Balaban J connectivity index is 1.63. The third-order valence-electron chi connectivity index (χ3n) is 4.49. The van der Waals surface area contributed by atoms with E-state index >= 15 is 0 Å². The van der Waals surface area contributed by atoms with Gasteiger partial charge >= 0.3 is 0 Å². The minimum atomic E-state index is -3.67. The minimum Gasteiger partial charge on any atom is -0.494 e. The van der Waals surface area contributed by atoms with E-state index < -0.39 is 10.0 Å². The zero-order valence-corrected chi connectivity index (χ0v) is 17.6. The van der Waals surface area contributed by atoms with Gasteiger partial charge in [0.2, 0.25) is 0 Å². The number of carbonyl (C=O) groups excluding carboxylic acids is 1. The standard InChI is InChI=1S/C23H24N2O4S/c1-3-29-21-15-11-18(12-16-21)17(2)24-23(26)19-9-13-20(14-10-19)25-30(27,28)22-7-5-4-6-8-22/h4-17,25H,3H2,1-2H3,(H,24,26)/t17-/m0/s1. The molecule has 0 saturated carbocycles. The molecular weight excluding hydrogens is 400 g/mol. The lowest BCUT2D eigenvalue weighted by Crippen LogP contribution is -2.26. The Labute approximate surface area is 177 Å². The molecule has 2 N–H and O–H groups in total. The van der Waals surface area contributed by atoms with Gasteiger partial charge in [0.05, 0.1) is 17.5 Å². The van der Waals surface area contributed by atoms with Crippen molar-refractivity contribution in [2.75, 3.05) is 11.3 Å². The first-order valence-corrected chi connectivity index (χ1v) is 11.1. The molecule has 0 aliphatic heterocycles. The first-order chi connectivity index (χ1) is 14.4. The van der Waals surface area contributed by atoms with Crippen LogP contribution in [0.3, 0.4) is 0 Å². The van der Waals surface area contributed by atoms with Crippen LogP contribution in [0.25, 0.3) is 0 Å². The molecule has 0 spiro atoms. The van der Waals surface area contributed by atoms with Crippen LogP contribution in [-0.2, 0) is 10.0 Å². The zero-order valence-electron chi connectivity index (χ0n) is 16.8. The van der Waals surface area contributed by atoms with Crippen LogP contribution in [0.15, 0.2) is 83.8 Å². The van der Waals surface area contributed by atoms with Gasteiger partial charge in [-0.15, -0.1) is 0 Å². The number of carbonyl (C=O) groups is 1. The van der Waals surface area contributed by atoms with Crippen molar-refractivity contribution in [2.24, 2.45) is 0 Å². The van der Waals surface area contributed by atoms with Crippen molar-refractivity contribution >= 4 is 21.6 Å². The molecule has 0 saturated heterocycles. The molecule has 1 atom stereocenters. The Morgan fingerprint density at radius 2 is 1.57 bits per heavy atom. The molecule has 30 heavy (non-hydrogen) atoms. The maximum Gasteiger partial charge on any atom is 0.261 e. The SMILES string of the molecule is CCOc1ccc([C@H](C)NC(=O)c2ccc(NS(=O)(=O)c3ccccc3)cc2)cc1. The Morgan fingerprint density at radius 1 is 0.933 bits per heavy atom. The molecule has 0 unspecified atom stereocenters. The van der Waals surface area contributed by atoms with E-state index in [0.29, 0.717) is 17.9 Å². The van der Waals surface area contributed by atoms with Crippen LogP contribution < -0.4 is 14.8 Å². The summed E-state index contributed by atoms with van der Waals surface area (Å²) >= 11 is 0. The van der Waals surface area contributed by atoms with Crippen molar-refractivity contribution in [1.82, 2.24) is 5.32 Å². The van der Waals surface area contributed by atoms with Gasteiger partial charge in [-0.25, -0.2) is 8.42 Å². The Hall–Kier alpha value is -3.32. The summed E-state index contributed by atoms with van der Waals surface area (Å²) in [4.78, 5) is 12.7. The van der Waals surface area contributed by atoms with Gasteiger partial charge in [-0.3, -0.25) is 9.52 Å². The highest BCUT2D eigenvalue weighted by Crippen LogP contribution is 2.19. The van der Waals surface area contributed by atoms with Crippen LogP contribution in [0.2, 0.25) is 0 Å². The van der Waals surface area contributed by atoms with Gasteiger partial charge in [-0.05, 0) is 67.9 Å². The molecule has 0 aliphatic rings. The lowest BCUT2D eigenvalue weighted by atomic mass is 10.1. The van der Waals surface area contributed by atoms with Gasteiger partial charge in [0.1, 0.15) is 5.75 Å². The summed E-state index contributed by atoms with van der Waals surface area (Å²) in [6, 6.07) is 21.8. The zero-order chi connectivity index (χ0) is 21.6. The van der Waals surface area contributed by atoms with Crippen LogP contribution in [-0.4, -0.2) is 20.9 Å². The molecule has 1 amide bonds. The molecule has 156 valence electrons. The summed E-state index contributed by atoms with van der Waals surface area (Å²) in [6.45, 7) is 4.42. The van der Waals surface area contributed by atoms with Gasteiger partial charge in [0, 0.05) is 11.3 Å². The number of nitrogens with one attached hydrogen (secondary N) is 2. The van der Waals surface area contributed by atoms with E-state index in [0.717, 1.165) is 11.3 Å². The van der Waals surface area contributed by atoms with Crippen molar-refractivity contribution in [2.45, 2.75) is 24.8 Å². The van der Waals surface area contributed by atoms with Crippen LogP contribution >= 0.6 is 0 Å². The summed E-state index contributed by atoms with van der Waals surface area (Å²) < 4.78 is 32.7. The van der Waals surface area contributed by atoms with Gasteiger partial charge < -0.3 is 10.1 Å². The van der Waals surface area contributed by atoms with Crippen molar-refractivity contribution < 1.29 is 17.9 Å². The average Bonchev–Trinajstić information content (AvgIpc) is 2.75. The number of anilines is 1. The first-order valence-electron chi connectivity index (χ1n) is 9.60. The predicted octanol–water partition coefficient (Wildman–Crippen LogP) is 4.38. The van der Waals surface area contributed by atoms with Crippen LogP contribution in [0.1, 0.15) is 35.8 Å². The van der Waals surface area contributed by atoms with Crippen LogP contribution in [0.4, 0.5) is 5.69 Å². The highest BCUT2D eigenvalue weighted by atomic mass is 32.2. The van der Waals surface area contributed by atoms with E-state index in [1.165, 1.54) is 12.1 Å². The fraction of sp³-hybridized carbons (Fsp3) is 0.174. The maximum absolute atomic E-state index is 12.5. The second-order valence-corrected chi connectivity index (χ2v) is 8.38. The maximum atomic E-state index is 12.5. The molecule has 0 aromatic heterocycles.